The van der Waals surface area contributed by atoms with Gasteiger partial charge in [-0.1, -0.05) is 132 Å². The summed E-state index contributed by atoms with van der Waals surface area (Å²) in [5.41, 5.74) is 12.8. The van der Waals surface area contributed by atoms with Crippen molar-refractivity contribution < 1.29 is 33.2 Å². The van der Waals surface area contributed by atoms with E-state index >= 15 is 0 Å². The molecule has 0 aromatic heterocycles. The fourth-order valence-electron chi connectivity index (χ4n) is 6.20. The van der Waals surface area contributed by atoms with Gasteiger partial charge >= 0.3 is 84.6 Å². The summed E-state index contributed by atoms with van der Waals surface area (Å²) in [6.45, 7) is 20.6. The Kier molecular flexibility index (Phi) is 29.0. The van der Waals surface area contributed by atoms with Gasteiger partial charge in [-0.2, -0.15) is 0 Å². The average molecular weight is 866 g/mol. The van der Waals surface area contributed by atoms with Crippen LogP contribution in [0.3, 0.4) is 0 Å². The van der Waals surface area contributed by atoms with E-state index in [1.54, 1.807) is 49.4 Å². The molecule has 0 heterocycles. The maximum absolute atomic E-state index is 11.0. The number of benzene rings is 3. The first-order chi connectivity index (χ1) is 28.1. The molecule has 0 fully saturated rings. The number of hydrogen-bond acceptors (Lipinski definition) is 6. The van der Waals surface area contributed by atoms with Crippen LogP contribution in [0.25, 0.3) is 0 Å². The molecule has 317 valence electrons. The van der Waals surface area contributed by atoms with Crippen LogP contribution < -0.4 is 5.73 Å². The minimum atomic E-state index is -0.853. The molecular weight excluding hydrogens is 799 g/mol. The zero-order chi connectivity index (χ0) is 44.6. The third-order valence-electron chi connectivity index (χ3n) is 9.97. The summed E-state index contributed by atoms with van der Waals surface area (Å²) >= 11 is 1.33. The minimum absolute atomic E-state index is 0.136. The molecule has 1 aliphatic carbocycles. The van der Waals surface area contributed by atoms with Crippen molar-refractivity contribution in [2.45, 2.75) is 105 Å². The van der Waals surface area contributed by atoms with Crippen LogP contribution in [0.1, 0.15) is 124 Å². The molecule has 2 atom stereocenters. The van der Waals surface area contributed by atoms with Crippen molar-refractivity contribution >= 4 is 46.2 Å². The Labute approximate surface area is 362 Å². The monoisotopic (exact) mass is 866 g/mol. The van der Waals surface area contributed by atoms with Gasteiger partial charge in [0.25, 0.3) is 0 Å². The number of carboxylic acid groups (broad SMARTS) is 2. The quantitative estimate of drug-likeness (QED) is 0.0322. The second-order valence-electron chi connectivity index (χ2n) is 14.9. The largest absolute Gasteiger partial charge is 0.478 e. The molecule has 0 aliphatic heterocycles. The van der Waals surface area contributed by atoms with Crippen molar-refractivity contribution in [1.82, 2.24) is 0 Å². The number of aromatic carboxylic acids is 1. The van der Waals surface area contributed by atoms with Gasteiger partial charge in [-0.05, 0) is 87.0 Å². The van der Waals surface area contributed by atoms with Gasteiger partial charge in [0.15, 0.2) is 5.78 Å². The molecule has 8 nitrogen and oxygen atoms in total. The Balaban J connectivity index is 0.000000751. The molecule has 3 radical (unpaired) electrons. The van der Waals surface area contributed by atoms with Gasteiger partial charge in [0.1, 0.15) is 0 Å². The first kappa shape index (κ1) is 53.8. The molecule has 4 rings (SSSR count). The second kappa shape index (κ2) is 31.8. The number of carbonyl (C=O) groups is 4. The summed E-state index contributed by atoms with van der Waals surface area (Å²) in [4.78, 5) is 43.1. The number of nitrogen functional groups attached to an aromatic ring is 1. The number of aliphatic carboxylic acids is 1. The molecule has 0 saturated carbocycles. The van der Waals surface area contributed by atoms with E-state index in [2.05, 4.69) is 81.2 Å². The first-order valence-electron chi connectivity index (χ1n) is 20.1. The molecule has 0 spiro atoms. The van der Waals surface area contributed by atoms with Crippen LogP contribution in [0, 0.1) is 17.3 Å². The molecule has 9 heteroatoms. The molecule has 59 heavy (non-hydrogen) atoms. The summed E-state index contributed by atoms with van der Waals surface area (Å²) in [6, 6.07) is 24.1. The number of anilines is 1. The zero-order valence-corrected chi connectivity index (χ0v) is 38.0. The number of ketones is 1. The Hall–Kier alpha value is -5.18. The van der Waals surface area contributed by atoms with E-state index in [1.807, 2.05) is 36.4 Å². The minimum Gasteiger partial charge on any atom is -0.478 e. The number of carbonyl (C=O) groups excluding carboxylic acids is 2. The van der Waals surface area contributed by atoms with Crippen molar-refractivity contribution in [2.75, 3.05) is 5.73 Å². The van der Waals surface area contributed by atoms with Crippen molar-refractivity contribution in [3.63, 3.8) is 0 Å². The molecule has 2 unspecified atom stereocenters. The predicted molar refractivity (Wildman–Crippen MR) is 243 cm³/mol. The maximum Gasteiger partial charge on any atom is 0.335 e. The standard InChI is InChI=1S/C15H14O2.C14H22O.C11H20O2.C7H6GeNO2.C3H4/c16-15(17)14-9-5-4-8-13(14)11-10-12-6-2-1-3-7-12;1-10-6-7-11(2)14(4,5)13(10)9-8-12(3)15;1-2-3-4-5-6-7-8-9-10-11(12)13;8-11-7(10)5-3-1-2-4-6(5)9;1-3-2/h1-9H,10-11H2,(H,16,17);6,8-9,11,13H,7H2,1-5H3;2H,1,3-10H2,(H,12,13);1-4H,9H2;1-2H2/b;9-8+;;;. The van der Waals surface area contributed by atoms with Gasteiger partial charge in [0, 0.05) is 12.3 Å². The number of rotatable bonds is 16. The van der Waals surface area contributed by atoms with Gasteiger partial charge < -0.3 is 10.2 Å². The van der Waals surface area contributed by atoms with Crippen LogP contribution in [-0.2, 0) is 26.2 Å². The van der Waals surface area contributed by atoms with E-state index in [-0.39, 0.29) is 11.2 Å². The summed E-state index contributed by atoms with van der Waals surface area (Å²) in [6.07, 6.45) is 19.0. The normalized spacial score (nSPS) is 14.6. The van der Waals surface area contributed by atoms with Gasteiger partial charge in [-0.15, -0.1) is 12.3 Å². The van der Waals surface area contributed by atoms with Crippen LogP contribution in [0.2, 0.25) is 0 Å². The third kappa shape index (κ3) is 23.7. The molecular formula is C50H66GeNO7. The van der Waals surface area contributed by atoms with Gasteiger partial charge in [0.2, 0.25) is 0 Å². The van der Waals surface area contributed by atoms with Gasteiger partial charge in [-0.25, -0.2) is 4.79 Å². The van der Waals surface area contributed by atoms with E-state index in [4.69, 9.17) is 15.9 Å². The second-order valence-corrected chi connectivity index (χ2v) is 15.3. The Morgan fingerprint density at radius 3 is 1.95 bits per heavy atom. The van der Waals surface area contributed by atoms with Crippen LogP contribution >= 0.6 is 0 Å². The number of aryl methyl sites for hydroxylation is 2. The summed E-state index contributed by atoms with van der Waals surface area (Å²) in [7, 11) is 0. The predicted octanol–water partition coefficient (Wildman–Crippen LogP) is 11.8. The maximum atomic E-state index is 11.0. The van der Waals surface area contributed by atoms with Crippen molar-refractivity contribution in [2.24, 2.45) is 17.3 Å². The van der Waals surface area contributed by atoms with E-state index in [9.17, 15) is 19.2 Å². The molecule has 3 aromatic carbocycles. The van der Waals surface area contributed by atoms with Crippen LogP contribution in [0.5, 0.6) is 0 Å². The van der Waals surface area contributed by atoms with Crippen molar-refractivity contribution in [3.05, 3.63) is 156 Å². The van der Waals surface area contributed by atoms with E-state index < -0.39 is 17.9 Å². The fourth-order valence-corrected chi connectivity index (χ4v) is 6.43. The summed E-state index contributed by atoms with van der Waals surface area (Å²) in [5, 5.41) is 17.4. The molecule has 0 amide bonds. The molecule has 0 bridgehead atoms. The first-order valence-corrected chi connectivity index (χ1v) is 21.0. The van der Waals surface area contributed by atoms with E-state index in [0.717, 1.165) is 44.1 Å². The number of para-hydroxylation sites is 1. The van der Waals surface area contributed by atoms with Gasteiger partial charge in [-0.3, -0.25) is 9.59 Å². The Morgan fingerprint density at radius 1 is 0.864 bits per heavy atom. The van der Waals surface area contributed by atoms with Crippen LogP contribution in [0.15, 0.2) is 134 Å². The van der Waals surface area contributed by atoms with Gasteiger partial charge in [0.05, 0.1) is 5.56 Å². The van der Waals surface area contributed by atoms with E-state index in [0.29, 0.717) is 35.1 Å². The number of unbranched alkanes of at least 4 members (excludes halogenated alkanes) is 6. The van der Waals surface area contributed by atoms with Crippen molar-refractivity contribution in [1.29, 1.82) is 0 Å². The SMILES string of the molecule is C=C=C.C=CCCCCCCCCC(=O)O.CC(=O)/C=C/C1C(C)=CCC(C)C1(C)C.Nc1ccccc1C(=O)[O][Ge].O=C(O)c1ccccc1CCc1ccccc1. The number of hydrogen-bond donors (Lipinski definition) is 3. The molecule has 3 aromatic rings. The summed E-state index contributed by atoms with van der Waals surface area (Å²) < 4.78 is 4.50. The van der Waals surface area contributed by atoms with Crippen LogP contribution in [0.4, 0.5) is 5.69 Å². The fraction of sp³-hybridized carbons (Fsp3) is 0.380. The smallest absolute Gasteiger partial charge is 0.335 e. The number of nitrogens with two attached hydrogens (primary N) is 1. The van der Waals surface area contributed by atoms with E-state index in [1.165, 1.54) is 53.7 Å². The zero-order valence-electron chi connectivity index (χ0n) is 35.9. The topological polar surface area (TPSA) is 144 Å². The molecule has 4 N–H and O–H groups in total. The van der Waals surface area contributed by atoms with Crippen molar-refractivity contribution in [3.8, 4) is 0 Å². The average Bonchev–Trinajstić information content (AvgIpc) is 3.21. The number of carboxylic acids is 2. The summed E-state index contributed by atoms with van der Waals surface area (Å²) in [5.74, 6) is -0.715. The molecule has 1 aliphatic rings. The molecule has 0 saturated heterocycles. The van der Waals surface area contributed by atoms with Crippen LogP contribution in [-0.4, -0.2) is 50.8 Å². The number of allylic oxidation sites excluding steroid dienone is 5. The third-order valence-corrected chi connectivity index (χ3v) is 10.4. The Morgan fingerprint density at radius 2 is 1.41 bits per heavy atom. The Bertz CT molecular complexity index is 1810.